The maximum Gasteiger partial charge on any atom is 0.322 e. The Balaban J connectivity index is 2.92. The van der Waals surface area contributed by atoms with Crippen molar-refractivity contribution in [3.63, 3.8) is 0 Å². The van der Waals surface area contributed by atoms with Gasteiger partial charge >= 0.3 is 5.88 Å². The second-order valence-corrected chi connectivity index (χ2v) is 2.23. The van der Waals surface area contributed by atoms with Gasteiger partial charge in [-0.25, -0.2) is 9.55 Å². The number of nitrogens with one attached hydrogen (secondary N) is 1. The van der Waals surface area contributed by atoms with Gasteiger partial charge in [0.15, 0.2) is 6.20 Å². The fourth-order valence-electron chi connectivity index (χ4n) is 0.958. The Morgan fingerprint density at radius 1 is 1.70 bits per heavy atom. The molecule has 0 aliphatic carbocycles. The summed E-state index contributed by atoms with van der Waals surface area (Å²) in [5.74, 6) is 2.00. The number of hydrogen-bond donors (Lipinski definition) is 1. The minimum absolute atomic E-state index is 0.819. The Kier molecular flexibility index (Phi) is 1.94. The summed E-state index contributed by atoms with van der Waals surface area (Å²) in [7, 11) is 3.66. The molecule has 0 atom stereocenters. The molecule has 0 amide bonds. The van der Waals surface area contributed by atoms with E-state index in [9.17, 15) is 0 Å². The average molecular weight is 141 g/mol. The quantitative estimate of drug-likeness (QED) is 0.594. The van der Waals surface area contributed by atoms with E-state index in [1.165, 1.54) is 5.82 Å². The van der Waals surface area contributed by atoms with Gasteiger partial charge in [0.05, 0.1) is 14.2 Å². The van der Waals surface area contributed by atoms with E-state index in [2.05, 4.69) is 11.9 Å². The Labute approximate surface area is 60.6 Å². The second-order valence-electron chi connectivity index (χ2n) is 2.23. The molecule has 0 spiro atoms. The lowest BCUT2D eigenvalue weighted by atomic mass is 10.5. The van der Waals surface area contributed by atoms with Crippen LogP contribution in [0.5, 0.6) is 5.88 Å². The van der Waals surface area contributed by atoms with E-state index in [0.717, 1.165) is 12.3 Å². The molecular weight excluding hydrogens is 128 g/mol. The van der Waals surface area contributed by atoms with Gasteiger partial charge in [-0.05, 0) is 0 Å². The summed E-state index contributed by atoms with van der Waals surface area (Å²) >= 11 is 0. The van der Waals surface area contributed by atoms with Crippen molar-refractivity contribution in [2.75, 3.05) is 7.11 Å². The van der Waals surface area contributed by atoms with Crippen molar-refractivity contribution in [1.29, 1.82) is 0 Å². The molecule has 0 unspecified atom stereocenters. The lowest BCUT2D eigenvalue weighted by molar-refractivity contribution is -0.677. The zero-order chi connectivity index (χ0) is 7.56. The van der Waals surface area contributed by atoms with E-state index in [-0.39, 0.29) is 0 Å². The third kappa shape index (κ3) is 1.12. The summed E-state index contributed by atoms with van der Waals surface area (Å²) in [5, 5.41) is 0. The fourth-order valence-corrected chi connectivity index (χ4v) is 0.958. The second kappa shape index (κ2) is 2.73. The molecule has 1 N–H and O–H groups in total. The average Bonchev–Trinajstić information content (AvgIpc) is 2.30. The van der Waals surface area contributed by atoms with Crippen LogP contribution in [0.1, 0.15) is 12.7 Å². The third-order valence-electron chi connectivity index (χ3n) is 1.56. The molecule has 3 heteroatoms. The van der Waals surface area contributed by atoms with E-state index in [1.54, 1.807) is 7.11 Å². The van der Waals surface area contributed by atoms with Gasteiger partial charge in [-0.3, -0.25) is 0 Å². The molecule has 0 fully saturated rings. The first-order valence-electron chi connectivity index (χ1n) is 3.39. The number of methoxy groups -OCH3 is 1. The van der Waals surface area contributed by atoms with Crippen LogP contribution in [0.3, 0.4) is 0 Å². The predicted octanol–water partition coefficient (Wildman–Crippen LogP) is 0.410. The first-order chi connectivity index (χ1) is 4.77. The Morgan fingerprint density at radius 2 is 2.40 bits per heavy atom. The molecule has 0 saturated carbocycles. The van der Waals surface area contributed by atoms with Gasteiger partial charge < -0.3 is 4.74 Å². The summed E-state index contributed by atoms with van der Waals surface area (Å²) in [6.07, 6.45) is 2.93. The molecular formula is C7H13N2O+. The van der Waals surface area contributed by atoms with E-state index >= 15 is 0 Å². The van der Waals surface area contributed by atoms with Crippen molar-refractivity contribution in [1.82, 2.24) is 4.98 Å². The molecule has 10 heavy (non-hydrogen) atoms. The van der Waals surface area contributed by atoms with Gasteiger partial charge in [0, 0.05) is 6.42 Å². The highest BCUT2D eigenvalue weighted by molar-refractivity contribution is 5.00. The lowest BCUT2D eigenvalue weighted by Gasteiger charge is -1.83. The van der Waals surface area contributed by atoms with Crippen LogP contribution in [0.15, 0.2) is 6.20 Å². The van der Waals surface area contributed by atoms with Gasteiger partial charge in [0.2, 0.25) is 0 Å². The zero-order valence-electron chi connectivity index (χ0n) is 6.64. The molecule has 0 aromatic carbocycles. The van der Waals surface area contributed by atoms with Crippen LogP contribution in [0.2, 0.25) is 0 Å². The van der Waals surface area contributed by atoms with Gasteiger partial charge in [-0.1, -0.05) is 6.92 Å². The molecule has 0 aliphatic heterocycles. The normalized spacial score (nSPS) is 9.90. The van der Waals surface area contributed by atoms with Crippen LogP contribution >= 0.6 is 0 Å². The molecule has 1 aromatic rings. The van der Waals surface area contributed by atoms with E-state index in [0.29, 0.717) is 0 Å². The Hall–Kier alpha value is -0.990. The van der Waals surface area contributed by atoms with Crippen LogP contribution in [-0.4, -0.2) is 12.1 Å². The Bertz CT molecular complexity index is 217. The fraction of sp³-hybridized carbons (Fsp3) is 0.571. The number of aromatic amines is 1. The van der Waals surface area contributed by atoms with E-state index in [4.69, 9.17) is 4.74 Å². The van der Waals surface area contributed by atoms with Gasteiger partial charge in [0.1, 0.15) is 0 Å². The van der Waals surface area contributed by atoms with Crippen molar-refractivity contribution in [2.24, 2.45) is 7.05 Å². The van der Waals surface area contributed by atoms with Crippen LogP contribution in [0, 0.1) is 0 Å². The minimum atomic E-state index is 0.819. The van der Waals surface area contributed by atoms with Gasteiger partial charge in [-0.15, -0.1) is 0 Å². The van der Waals surface area contributed by atoms with Crippen molar-refractivity contribution >= 4 is 0 Å². The highest BCUT2D eigenvalue weighted by Crippen LogP contribution is 2.02. The standard InChI is InChI=1S/C7H12N2O/c1-4-6-8-7(10-3)5-9(6)2/h5H,4H2,1-3H3/p+1. The zero-order valence-corrected chi connectivity index (χ0v) is 6.64. The molecule has 0 bridgehead atoms. The molecule has 56 valence electrons. The number of nitrogens with zero attached hydrogens (tertiary/aromatic N) is 1. The minimum Gasteiger partial charge on any atom is -0.463 e. The topological polar surface area (TPSA) is 28.9 Å². The van der Waals surface area contributed by atoms with Crippen LogP contribution in [0.4, 0.5) is 0 Å². The smallest absolute Gasteiger partial charge is 0.322 e. The predicted molar refractivity (Wildman–Crippen MR) is 37.9 cm³/mol. The lowest BCUT2D eigenvalue weighted by Crippen LogP contribution is -2.29. The first-order valence-corrected chi connectivity index (χ1v) is 3.39. The van der Waals surface area contributed by atoms with Crippen LogP contribution in [0.25, 0.3) is 0 Å². The summed E-state index contributed by atoms with van der Waals surface area (Å²) in [5.41, 5.74) is 0. The van der Waals surface area contributed by atoms with Gasteiger partial charge in [0.25, 0.3) is 5.82 Å². The van der Waals surface area contributed by atoms with Crippen molar-refractivity contribution in [3.8, 4) is 5.88 Å². The number of ether oxygens (including phenoxy) is 1. The first kappa shape index (κ1) is 7.12. The van der Waals surface area contributed by atoms with Crippen LogP contribution < -0.4 is 9.30 Å². The molecule has 0 radical (unpaired) electrons. The van der Waals surface area contributed by atoms with Crippen molar-refractivity contribution < 1.29 is 9.30 Å². The molecule has 0 aliphatic rings. The summed E-state index contributed by atoms with van der Waals surface area (Å²) in [6.45, 7) is 2.10. The molecule has 1 aromatic heterocycles. The highest BCUT2D eigenvalue weighted by Gasteiger charge is 2.08. The van der Waals surface area contributed by atoms with E-state index in [1.807, 2.05) is 17.8 Å². The molecule has 1 heterocycles. The maximum absolute atomic E-state index is 5.00. The van der Waals surface area contributed by atoms with Gasteiger partial charge in [-0.2, -0.15) is 0 Å². The largest absolute Gasteiger partial charge is 0.463 e. The monoisotopic (exact) mass is 141 g/mol. The Morgan fingerprint density at radius 3 is 2.70 bits per heavy atom. The number of imidazole rings is 1. The molecule has 1 rings (SSSR count). The maximum atomic E-state index is 5.00. The van der Waals surface area contributed by atoms with Crippen molar-refractivity contribution in [2.45, 2.75) is 13.3 Å². The summed E-state index contributed by atoms with van der Waals surface area (Å²) < 4.78 is 7.03. The number of aryl methyl sites for hydroxylation is 2. The number of hydrogen-bond acceptors (Lipinski definition) is 1. The van der Waals surface area contributed by atoms with E-state index < -0.39 is 0 Å². The number of H-pyrrole nitrogens is 1. The summed E-state index contributed by atoms with van der Waals surface area (Å²) in [4.78, 5) is 3.12. The third-order valence-corrected chi connectivity index (χ3v) is 1.56. The summed E-state index contributed by atoms with van der Waals surface area (Å²) in [6, 6.07) is 0. The number of aromatic nitrogens is 2. The molecule has 3 nitrogen and oxygen atoms in total. The van der Waals surface area contributed by atoms with Crippen molar-refractivity contribution in [3.05, 3.63) is 12.0 Å². The SMILES string of the molecule is CCc1[nH]c(OC)c[n+]1C. The molecule has 0 saturated heterocycles. The highest BCUT2D eigenvalue weighted by atomic mass is 16.5. The van der Waals surface area contributed by atoms with Crippen LogP contribution in [-0.2, 0) is 13.5 Å². The number of rotatable bonds is 2.